The second-order valence-corrected chi connectivity index (χ2v) is 4.01. The van der Waals surface area contributed by atoms with Crippen LogP contribution in [0.3, 0.4) is 0 Å². The quantitative estimate of drug-likeness (QED) is 0.752. The standard InChI is InChI=1S/C16H15NO/c18-16-12-6-8-14-17(16)13-7-2-5-11-15-9-3-1-4-10-15/h1,3-4,6,8-10,12,14H,5,11,13H2. The van der Waals surface area contributed by atoms with E-state index in [0.29, 0.717) is 6.54 Å². The van der Waals surface area contributed by atoms with Crippen molar-refractivity contribution in [1.82, 2.24) is 4.57 Å². The predicted octanol–water partition coefficient (Wildman–Crippen LogP) is 2.48. The van der Waals surface area contributed by atoms with E-state index >= 15 is 0 Å². The zero-order valence-corrected chi connectivity index (χ0v) is 10.2. The van der Waals surface area contributed by atoms with Crippen LogP contribution in [0.1, 0.15) is 12.0 Å². The Morgan fingerprint density at radius 1 is 0.944 bits per heavy atom. The summed E-state index contributed by atoms with van der Waals surface area (Å²) in [6, 6.07) is 15.4. The topological polar surface area (TPSA) is 22.0 Å². The maximum Gasteiger partial charge on any atom is 0.251 e. The molecule has 2 heteroatoms. The maximum atomic E-state index is 11.4. The Kier molecular flexibility index (Phi) is 4.38. The third-order valence-electron chi connectivity index (χ3n) is 2.65. The molecule has 2 rings (SSSR count). The lowest BCUT2D eigenvalue weighted by Crippen LogP contribution is -2.16. The van der Waals surface area contributed by atoms with Crippen LogP contribution in [0.15, 0.2) is 59.5 Å². The first-order chi connectivity index (χ1) is 8.86. The largest absolute Gasteiger partial charge is 0.304 e. The number of hydrogen-bond donors (Lipinski definition) is 0. The van der Waals surface area contributed by atoms with Gasteiger partial charge in [0, 0.05) is 18.7 Å². The fraction of sp³-hybridized carbons (Fsp3) is 0.188. The van der Waals surface area contributed by atoms with Gasteiger partial charge in [0.25, 0.3) is 5.56 Å². The molecule has 1 aromatic heterocycles. The number of aromatic nitrogens is 1. The second kappa shape index (κ2) is 6.46. The molecule has 0 unspecified atom stereocenters. The van der Waals surface area contributed by atoms with E-state index in [4.69, 9.17) is 0 Å². The van der Waals surface area contributed by atoms with Crippen LogP contribution in [-0.2, 0) is 13.0 Å². The number of pyridine rings is 1. The minimum atomic E-state index is -0.00476. The molecule has 0 aliphatic heterocycles. The SMILES string of the molecule is O=c1ccccn1CC#CCCc1ccccc1. The van der Waals surface area contributed by atoms with Crippen molar-refractivity contribution in [1.29, 1.82) is 0 Å². The lowest BCUT2D eigenvalue weighted by molar-refractivity contribution is 0.794. The Balaban J connectivity index is 1.84. The van der Waals surface area contributed by atoms with Crippen LogP contribution in [0, 0.1) is 11.8 Å². The van der Waals surface area contributed by atoms with E-state index in [1.807, 2.05) is 24.3 Å². The molecule has 0 amide bonds. The molecule has 0 aliphatic rings. The van der Waals surface area contributed by atoms with Gasteiger partial charge in [0.05, 0.1) is 6.54 Å². The second-order valence-electron chi connectivity index (χ2n) is 4.01. The molecular formula is C16H15NO. The molecule has 0 saturated carbocycles. The summed E-state index contributed by atoms with van der Waals surface area (Å²) in [6.07, 6.45) is 3.54. The molecule has 0 radical (unpaired) electrons. The zero-order valence-electron chi connectivity index (χ0n) is 10.2. The van der Waals surface area contributed by atoms with Crippen molar-refractivity contribution in [2.24, 2.45) is 0 Å². The van der Waals surface area contributed by atoms with Gasteiger partial charge < -0.3 is 4.57 Å². The predicted molar refractivity (Wildman–Crippen MR) is 73.2 cm³/mol. The lowest BCUT2D eigenvalue weighted by Gasteiger charge is -1.97. The highest BCUT2D eigenvalue weighted by molar-refractivity contribution is 5.16. The summed E-state index contributed by atoms with van der Waals surface area (Å²) in [5.74, 6) is 6.13. The van der Waals surface area contributed by atoms with Crippen LogP contribution in [0.25, 0.3) is 0 Å². The summed E-state index contributed by atoms with van der Waals surface area (Å²) < 4.78 is 1.61. The molecule has 2 nitrogen and oxygen atoms in total. The average molecular weight is 237 g/mol. The number of nitrogens with zero attached hydrogens (tertiary/aromatic N) is 1. The van der Waals surface area contributed by atoms with E-state index in [1.54, 1.807) is 22.9 Å². The lowest BCUT2D eigenvalue weighted by atomic mass is 10.1. The van der Waals surface area contributed by atoms with Crippen molar-refractivity contribution in [3.05, 3.63) is 70.6 Å². The number of aryl methyl sites for hydroxylation is 1. The summed E-state index contributed by atoms with van der Waals surface area (Å²) in [6.45, 7) is 0.467. The van der Waals surface area contributed by atoms with Crippen LogP contribution in [0.2, 0.25) is 0 Å². The molecule has 90 valence electrons. The molecule has 0 N–H and O–H groups in total. The molecule has 2 aromatic rings. The minimum absolute atomic E-state index is 0.00476. The van der Waals surface area contributed by atoms with Gasteiger partial charge in [0.1, 0.15) is 0 Å². The summed E-state index contributed by atoms with van der Waals surface area (Å²) in [4.78, 5) is 11.4. The molecule has 0 bridgehead atoms. The van der Waals surface area contributed by atoms with Gasteiger partial charge in [-0.15, -0.1) is 5.92 Å². The average Bonchev–Trinajstić information content (AvgIpc) is 2.42. The van der Waals surface area contributed by atoms with Gasteiger partial charge in [-0.2, -0.15) is 0 Å². The zero-order chi connectivity index (χ0) is 12.6. The molecule has 1 heterocycles. The van der Waals surface area contributed by atoms with Crippen LogP contribution >= 0.6 is 0 Å². The first-order valence-corrected chi connectivity index (χ1v) is 6.01. The van der Waals surface area contributed by atoms with Crippen molar-refractivity contribution in [2.75, 3.05) is 0 Å². The van der Waals surface area contributed by atoms with Gasteiger partial charge in [0.2, 0.25) is 0 Å². The van der Waals surface area contributed by atoms with Gasteiger partial charge in [-0.1, -0.05) is 42.3 Å². The Morgan fingerprint density at radius 3 is 2.50 bits per heavy atom. The normalized spacial score (nSPS) is 9.56. The molecule has 18 heavy (non-hydrogen) atoms. The third-order valence-corrected chi connectivity index (χ3v) is 2.65. The molecular weight excluding hydrogens is 222 g/mol. The first kappa shape index (κ1) is 12.2. The van der Waals surface area contributed by atoms with Crippen LogP contribution in [-0.4, -0.2) is 4.57 Å². The highest BCUT2D eigenvalue weighted by Crippen LogP contribution is 2.01. The van der Waals surface area contributed by atoms with Gasteiger partial charge in [-0.05, 0) is 18.1 Å². The summed E-state index contributed by atoms with van der Waals surface area (Å²) >= 11 is 0. The Hall–Kier alpha value is -2.27. The smallest absolute Gasteiger partial charge is 0.251 e. The molecule has 0 atom stereocenters. The van der Waals surface area contributed by atoms with Crippen molar-refractivity contribution in [3.8, 4) is 11.8 Å². The molecule has 0 fully saturated rings. The number of hydrogen-bond acceptors (Lipinski definition) is 1. The fourth-order valence-electron chi connectivity index (χ4n) is 1.67. The summed E-state index contributed by atoms with van der Waals surface area (Å²) in [5, 5.41) is 0. The number of benzene rings is 1. The van der Waals surface area contributed by atoms with Gasteiger partial charge in [0.15, 0.2) is 0 Å². The van der Waals surface area contributed by atoms with E-state index in [9.17, 15) is 4.79 Å². The van der Waals surface area contributed by atoms with E-state index in [0.717, 1.165) is 12.8 Å². The van der Waals surface area contributed by atoms with E-state index in [-0.39, 0.29) is 5.56 Å². The van der Waals surface area contributed by atoms with Crippen molar-refractivity contribution < 1.29 is 0 Å². The highest BCUT2D eigenvalue weighted by Gasteiger charge is 1.90. The van der Waals surface area contributed by atoms with Gasteiger partial charge in [-0.25, -0.2) is 0 Å². The molecule has 0 aliphatic carbocycles. The number of rotatable bonds is 3. The van der Waals surface area contributed by atoms with Crippen LogP contribution < -0.4 is 5.56 Å². The molecule has 0 spiro atoms. The van der Waals surface area contributed by atoms with Gasteiger partial charge >= 0.3 is 0 Å². The van der Waals surface area contributed by atoms with Crippen molar-refractivity contribution in [2.45, 2.75) is 19.4 Å². The summed E-state index contributed by atoms with van der Waals surface area (Å²) in [7, 11) is 0. The Morgan fingerprint density at radius 2 is 1.72 bits per heavy atom. The Bertz CT molecular complexity index is 602. The van der Waals surface area contributed by atoms with E-state index in [1.165, 1.54) is 5.56 Å². The van der Waals surface area contributed by atoms with E-state index < -0.39 is 0 Å². The molecule has 0 saturated heterocycles. The highest BCUT2D eigenvalue weighted by atomic mass is 16.1. The first-order valence-electron chi connectivity index (χ1n) is 6.01. The monoisotopic (exact) mass is 237 g/mol. The van der Waals surface area contributed by atoms with Gasteiger partial charge in [-0.3, -0.25) is 4.79 Å². The van der Waals surface area contributed by atoms with Crippen LogP contribution in [0.5, 0.6) is 0 Å². The van der Waals surface area contributed by atoms with Crippen LogP contribution in [0.4, 0.5) is 0 Å². The summed E-state index contributed by atoms with van der Waals surface area (Å²) in [5.41, 5.74) is 1.29. The molecule has 1 aromatic carbocycles. The maximum absolute atomic E-state index is 11.4. The fourth-order valence-corrected chi connectivity index (χ4v) is 1.67. The Labute approximate surface area is 107 Å². The minimum Gasteiger partial charge on any atom is -0.304 e. The van der Waals surface area contributed by atoms with Crippen molar-refractivity contribution >= 4 is 0 Å². The third kappa shape index (κ3) is 3.64. The van der Waals surface area contributed by atoms with E-state index in [2.05, 4.69) is 24.0 Å². The van der Waals surface area contributed by atoms with Crippen molar-refractivity contribution in [3.63, 3.8) is 0 Å².